The number of aryl methyl sites for hydroxylation is 1. The van der Waals surface area contributed by atoms with Crippen molar-refractivity contribution < 1.29 is 33.4 Å². The molecular weight excluding hydrogens is 576 g/mol. The summed E-state index contributed by atoms with van der Waals surface area (Å²) in [5.41, 5.74) is 1.82. The predicted molar refractivity (Wildman–Crippen MR) is 140 cm³/mol. The van der Waals surface area contributed by atoms with Crippen molar-refractivity contribution in [2.75, 3.05) is 32.2 Å². The van der Waals surface area contributed by atoms with Gasteiger partial charge in [-0.2, -0.15) is 0 Å². The molecule has 3 amide bonds. The third-order valence-corrected chi connectivity index (χ3v) is 6.57. The number of rotatable bonds is 9. The Kier molecular flexibility index (Phi) is 9.41. The van der Waals surface area contributed by atoms with Crippen LogP contribution in [0.15, 0.2) is 39.7 Å². The molecule has 1 heterocycles. The highest BCUT2D eigenvalue weighted by atomic mass is 79.9. The van der Waals surface area contributed by atoms with Crippen LogP contribution in [0.25, 0.3) is 6.08 Å². The van der Waals surface area contributed by atoms with Gasteiger partial charge in [0.1, 0.15) is 6.54 Å². The van der Waals surface area contributed by atoms with E-state index >= 15 is 0 Å². The Balaban J connectivity index is 1.74. The number of methoxy groups -OCH3 is 1. The second kappa shape index (κ2) is 12.3. The maximum atomic E-state index is 12.9. The number of halogens is 2. The fraction of sp³-hybridized carbons (Fsp3) is 0.250. The minimum Gasteiger partial charge on any atom is -0.493 e. The lowest BCUT2D eigenvalue weighted by Crippen LogP contribution is -2.36. The lowest BCUT2D eigenvalue weighted by atomic mass is 10.2. The zero-order valence-corrected chi connectivity index (χ0v) is 22.7. The summed E-state index contributed by atoms with van der Waals surface area (Å²) in [6, 6.07) is 8.27. The van der Waals surface area contributed by atoms with Gasteiger partial charge >= 0.3 is 5.97 Å². The van der Waals surface area contributed by atoms with E-state index in [9.17, 15) is 19.2 Å². The van der Waals surface area contributed by atoms with Crippen LogP contribution in [0.1, 0.15) is 18.1 Å². The Labute approximate surface area is 225 Å². The largest absolute Gasteiger partial charge is 0.493 e. The summed E-state index contributed by atoms with van der Waals surface area (Å²) in [5, 5.41) is 2.56. The van der Waals surface area contributed by atoms with Gasteiger partial charge in [0.2, 0.25) is 5.91 Å². The monoisotopic (exact) mass is 596 g/mol. The van der Waals surface area contributed by atoms with E-state index < -0.39 is 29.6 Å². The van der Waals surface area contributed by atoms with Crippen molar-refractivity contribution >= 4 is 74.1 Å². The molecule has 0 bridgehead atoms. The molecule has 0 saturated carbocycles. The SMILES string of the molecule is CCOC(=O)COc1c(Br)cc(/C=C2\SC(=O)N(CC(=O)Nc3cc(Cl)ccc3C)C2=O)cc1OC. The molecule has 9 nitrogen and oxygen atoms in total. The Morgan fingerprint density at radius 2 is 1.97 bits per heavy atom. The lowest BCUT2D eigenvalue weighted by molar-refractivity contribution is -0.145. The van der Waals surface area contributed by atoms with Gasteiger partial charge in [-0.1, -0.05) is 17.7 Å². The maximum Gasteiger partial charge on any atom is 0.344 e. The van der Waals surface area contributed by atoms with Crippen molar-refractivity contribution in [1.29, 1.82) is 0 Å². The van der Waals surface area contributed by atoms with E-state index in [1.54, 1.807) is 44.2 Å². The fourth-order valence-electron chi connectivity index (χ4n) is 3.15. The minimum absolute atomic E-state index is 0.140. The topological polar surface area (TPSA) is 111 Å². The van der Waals surface area contributed by atoms with Crippen molar-refractivity contribution in [2.24, 2.45) is 0 Å². The van der Waals surface area contributed by atoms with E-state index in [1.807, 2.05) is 0 Å². The van der Waals surface area contributed by atoms with Gasteiger partial charge in [-0.15, -0.1) is 0 Å². The molecule has 0 radical (unpaired) electrons. The number of anilines is 1. The normalized spacial score (nSPS) is 14.2. The molecule has 2 aromatic carbocycles. The van der Waals surface area contributed by atoms with Gasteiger partial charge in [-0.3, -0.25) is 19.3 Å². The number of carbonyl (C=O) groups is 4. The van der Waals surface area contributed by atoms with E-state index in [4.69, 9.17) is 25.8 Å². The molecule has 0 aromatic heterocycles. The van der Waals surface area contributed by atoms with Gasteiger partial charge in [-0.25, -0.2) is 4.79 Å². The van der Waals surface area contributed by atoms with Crippen molar-refractivity contribution in [2.45, 2.75) is 13.8 Å². The van der Waals surface area contributed by atoms with E-state index in [-0.39, 0.29) is 23.9 Å². The smallest absolute Gasteiger partial charge is 0.344 e. The van der Waals surface area contributed by atoms with Crippen LogP contribution in [0.5, 0.6) is 11.5 Å². The molecule has 1 saturated heterocycles. The third-order valence-electron chi connectivity index (χ3n) is 4.84. The maximum absolute atomic E-state index is 12.9. The number of benzene rings is 2. The van der Waals surface area contributed by atoms with Crippen LogP contribution >= 0.6 is 39.3 Å². The van der Waals surface area contributed by atoms with Crippen LogP contribution in [0, 0.1) is 6.92 Å². The Morgan fingerprint density at radius 3 is 2.67 bits per heavy atom. The Hall–Kier alpha value is -3.02. The molecule has 0 aliphatic carbocycles. The van der Waals surface area contributed by atoms with Crippen LogP contribution < -0.4 is 14.8 Å². The highest BCUT2D eigenvalue weighted by Crippen LogP contribution is 2.39. The summed E-state index contributed by atoms with van der Waals surface area (Å²) >= 11 is 10.1. The van der Waals surface area contributed by atoms with E-state index in [0.717, 1.165) is 22.2 Å². The number of nitrogens with zero attached hydrogens (tertiary/aromatic N) is 1. The number of amides is 3. The molecular formula is C24H22BrClN2O7S. The average molecular weight is 598 g/mol. The molecule has 1 fully saturated rings. The standard InChI is InChI=1S/C24H22BrClN2O7S/c1-4-34-21(30)12-35-22-16(25)7-14(8-18(22)33-3)9-19-23(31)28(24(32)36-19)11-20(29)27-17-10-15(26)6-5-13(17)2/h5-10H,4,11-12H2,1-3H3,(H,27,29)/b19-9-. The Morgan fingerprint density at radius 1 is 1.22 bits per heavy atom. The van der Waals surface area contributed by atoms with Crippen LogP contribution in [0.3, 0.4) is 0 Å². The van der Waals surface area contributed by atoms with Gasteiger partial charge in [0.15, 0.2) is 18.1 Å². The first-order valence-corrected chi connectivity index (χ1v) is 12.6. The zero-order chi connectivity index (χ0) is 26.4. The van der Waals surface area contributed by atoms with E-state index in [0.29, 0.717) is 26.5 Å². The number of hydrogen-bond donors (Lipinski definition) is 1. The summed E-state index contributed by atoms with van der Waals surface area (Å²) in [7, 11) is 1.43. The van der Waals surface area contributed by atoms with Crippen LogP contribution in [0.2, 0.25) is 5.02 Å². The molecule has 0 spiro atoms. The number of imide groups is 1. The molecule has 36 heavy (non-hydrogen) atoms. The highest BCUT2D eigenvalue weighted by molar-refractivity contribution is 9.10. The van der Waals surface area contributed by atoms with E-state index in [1.165, 1.54) is 13.2 Å². The lowest BCUT2D eigenvalue weighted by Gasteiger charge is -2.14. The van der Waals surface area contributed by atoms with Gasteiger partial charge in [-0.05, 0) is 83.0 Å². The fourth-order valence-corrected chi connectivity index (χ4v) is 4.73. The first kappa shape index (κ1) is 27.6. The summed E-state index contributed by atoms with van der Waals surface area (Å²) in [6.07, 6.45) is 1.51. The van der Waals surface area contributed by atoms with Crippen molar-refractivity contribution in [3.63, 3.8) is 0 Å². The molecule has 3 rings (SSSR count). The van der Waals surface area contributed by atoms with Gasteiger partial charge in [0.25, 0.3) is 11.1 Å². The third kappa shape index (κ3) is 6.80. The summed E-state index contributed by atoms with van der Waals surface area (Å²) < 4.78 is 16.2. The first-order chi connectivity index (χ1) is 17.1. The predicted octanol–water partition coefficient (Wildman–Crippen LogP) is 5.04. The highest BCUT2D eigenvalue weighted by Gasteiger charge is 2.36. The number of nitrogens with one attached hydrogen (secondary N) is 1. The van der Waals surface area contributed by atoms with Gasteiger partial charge in [0, 0.05) is 10.7 Å². The molecule has 0 atom stereocenters. The quantitative estimate of drug-likeness (QED) is 0.316. The molecule has 12 heteroatoms. The molecule has 2 aromatic rings. The summed E-state index contributed by atoms with van der Waals surface area (Å²) in [6.45, 7) is 2.97. The van der Waals surface area contributed by atoms with Gasteiger partial charge in [0.05, 0.1) is 23.1 Å². The zero-order valence-electron chi connectivity index (χ0n) is 19.6. The molecule has 1 N–H and O–H groups in total. The van der Waals surface area contributed by atoms with Crippen LogP contribution in [-0.2, 0) is 19.1 Å². The number of thioether (sulfide) groups is 1. The van der Waals surface area contributed by atoms with Crippen LogP contribution in [-0.4, -0.2) is 54.8 Å². The number of ether oxygens (including phenoxy) is 3. The second-order valence-electron chi connectivity index (χ2n) is 7.40. The van der Waals surface area contributed by atoms with Crippen molar-refractivity contribution in [3.8, 4) is 11.5 Å². The van der Waals surface area contributed by atoms with Crippen molar-refractivity contribution in [1.82, 2.24) is 4.90 Å². The number of hydrogen-bond acceptors (Lipinski definition) is 8. The van der Waals surface area contributed by atoms with Crippen LogP contribution in [0.4, 0.5) is 10.5 Å². The Bertz CT molecular complexity index is 1250. The summed E-state index contributed by atoms with van der Waals surface area (Å²) in [4.78, 5) is 50.5. The molecule has 190 valence electrons. The minimum atomic E-state index is -0.597. The first-order valence-electron chi connectivity index (χ1n) is 10.6. The molecule has 1 aliphatic rings. The van der Waals surface area contributed by atoms with Crippen molar-refractivity contribution in [3.05, 3.63) is 55.9 Å². The average Bonchev–Trinajstić information content (AvgIpc) is 3.07. The van der Waals surface area contributed by atoms with E-state index in [2.05, 4.69) is 21.2 Å². The molecule has 1 aliphatic heterocycles. The number of esters is 1. The van der Waals surface area contributed by atoms with Gasteiger partial charge < -0.3 is 19.5 Å². The molecule has 0 unspecified atom stereocenters. The second-order valence-corrected chi connectivity index (χ2v) is 9.69. The number of carbonyl (C=O) groups excluding carboxylic acids is 4. The summed E-state index contributed by atoms with van der Waals surface area (Å²) in [5.74, 6) is -1.07.